The molecule has 19 heavy (non-hydrogen) atoms. The minimum Gasteiger partial charge on any atom is -0.450 e. The molecule has 1 amide bonds. The standard InChI is InChI=1S/C13H24N4O2/c1-4-19-13(18)17-7-5-11(6-8-17)16-12(14)15-9-10(2)3/h11H,2,4-9H2,1,3H3,(H3,14,15,16). The maximum atomic E-state index is 11.5. The molecule has 0 aliphatic carbocycles. The fraction of sp³-hybridized carbons (Fsp3) is 0.692. The molecule has 6 heteroatoms. The van der Waals surface area contributed by atoms with Gasteiger partial charge in [-0.25, -0.2) is 9.79 Å². The average molecular weight is 268 g/mol. The molecule has 0 aromatic heterocycles. The molecular weight excluding hydrogens is 244 g/mol. The van der Waals surface area contributed by atoms with Crippen molar-refractivity contribution in [2.24, 2.45) is 10.7 Å². The second kappa shape index (κ2) is 7.66. The van der Waals surface area contributed by atoms with Gasteiger partial charge in [0.1, 0.15) is 0 Å². The normalized spacial score (nSPS) is 17.2. The van der Waals surface area contributed by atoms with Crippen LogP contribution in [-0.2, 0) is 4.74 Å². The summed E-state index contributed by atoms with van der Waals surface area (Å²) >= 11 is 0. The van der Waals surface area contributed by atoms with Crippen molar-refractivity contribution in [1.29, 1.82) is 0 Å². The van der Waals surface area contributed by atoms with Gasteiger partial charge in [0.2, 0.25) is 0 Å². The summed E-state index contributed by atoms with van der Waals surface area (Å²) in [4.78, 5) is 17.4. The van der Waals surface area contributed by atoms with Gasteiger partial charge in [-0.2, -0.15) is 0 Å². The molecule has 1 aliphatic rings. The predicted octanol–water partition coefficient (Wildman–Crippen LogP) is 1.09. The highest BCUT2D eigenvalue weighted by Crippen LogP contribution is 2.11. The summed E-state index contributed by atoms with van der Waals surface area (Å²) in [7, 11) is 0. The number of hydrogen-bond acceptors (Lipinski definition) is 3. The van der Waals surface area contributed by atoms with Crippen LogP contribution in [0.5, 0.6) is 0 Å². The number of nitrogens with one attached hydrogen (secondary N) is 1. The lowest BCUT2D eigenvalue weighted by atomic mass is 10.1. The molecule has 1 rings (SSSR count). The number of piperidine rings is 1. The van der Waals surface area contributed by atoms with Crippen LogP contribution in [0, 0.1) is 0 Å². The number of rotatable bonds is 4. The molecule has 0 bridgehead atoms. The third-order valence-electron chi connectivity index (χ3n) is 2.89. The Morgan fingerprint density at radius 3 is 2.68 bits per heavy atom. The van der Waals surface area contributed by atoms with Gasteiger partial charge in [-0.1, -0.05) is 12.2 Å². The first kappa shape index (κ1) is 15.3. The number of nitrogens with two attached hydrogens (primary N) is 1. The fourth-order valence-electron chi connectivity index (χ4n) is 1.90. The van der Waals surface area contributed by atoms with E-state index in [0.29, 0.717) is 32.2 Å². The first-order chi connectivity index (χ1) is 9.02. The van der Waals surface area contributed by atoms with Gasteiger partial charge in [0.15, 0.2) is 5.96 Å². The highest BCUT2D eigenvalue weighted by molar-refractivity contribution is 5.78. The van der Waals surface area contributed by atoms with E-state index < -0.39 is 0 Å². The van der Waals surface area contributed by atoms with E-state index in [1.807, 2.05) is 13.8 Å². The first-order valence-corrected chi connectivity index (χ1v) is 6.65. The lowest BCUT2D eigenvalue weighted by molar-refractivity contribution is 0.0963. The molecule has 0 radical (unpaired) electrons. The van der Waals surface area contributed by atoms with Crippen molar-refractivity contribution in [3.05, 3.63) is 12.2 Å². The van der Waals surface area contributed by atoms with Crippen molar-refractivity contribution in [1.82, 2.24) is 10.2 Å². The van der Waals surface area contributed by atoms with Crippen LogP contribution in [0.25, 0.3) is 0 Å². The second-order valence-electron chi connectivity index (χ2n) is 4.76. The quantitative estimate of drug-likeness (QED) is 0.454. The molecular formula is C13H24N4O2. The molecule has 0 atom stereocenters. The number of amides is 1. The fourth-order valence-corrected chi connectivity index (χ4v) is 1.90. The Kier molecular flexibility index (Phi) is 6.18. The number of carbonyl (C=O) groups is 1. The van der Waals surface area contributed by atoms with Crippen LogP contribution in [0.1, 0.15) is 26.7 Å². The number of ether oxygens (including phenoxy) is 1. The Labute approximate surface area is 114 Å². The van der Waals surface area contributed by atoms with Crippen molar-refractivity contribution in [2.45, 2.75) is 32.7 Å². The summed E-state index contributed by atoms with van der Waals surface area (Å²) in [6, 6.07) is 0.263. The summed E-state index contributed by atoms with van der Waals surface area (Å²) in [5, 5.41) is 3.17. The number of nitrogens with zero attached hydrogens (tertiary/aromatic N) is 2. The van der Waals surface area contributed by atoms with Crippen molar-refractivity contribution in [2.75, 3.05) is 26.2 Å². The molecule has 3 N–H and O–H groups in total. The van der Waals surface area contributed by atoms with Crippen LogP contribution < -0.4 is 11.1 Å². The van der Waals surface area contributed by atoms with Crippen LogP contribution in [0.4, 0.5) is 4.79 Å². The maximum absolute atomic E-state index is 11.5. The number of guanidine groups is 1. The predicted molar refractivity (Wildman–Crippen MR) is 76.1 cm³/mol. The van der Waals surface area contributed by atoms with Gasteiger partial charge in [0, 0.05) is 19.1 Å². The molecule has 108 valence electrons. The zero-order valence-electron chi connectivity index (χ0n) is 11.8. The van der Waals surface area contributed by atoms with Gasteiger partial charge < -0.3 is 20.7 Å². The first-order valence-electron chi connectivity index (χ1n) is 6.65. The molecule has 1 fully saturated rings. The van der Waals surface area contributed by atoms with Crippen LogP contribution in [0.15, 0.2) is 17.1 Å². The molecule has 0 unspecified atom stereocenters. The highest BCUT2D eigenvalue weighted by Gasteiger charge is 2.23. The molecule has 0 saturated carbocycles. The van der Waals surface area contributed by atoms with Gasteiger partial charge in [0.25, 0.3) is 0 Å². The largest absolute Gasteiger partial charge is 0.450 e. The molecule has 0 aromatic carbocycles. The SMILES string of the molecule is C=C(C)CN=C(N)NC1CCN(C(=O)OCC)CC1. The lowest BCUT2D eigenvalue weighted by Gasteiger charge is -2.31. The molecule has 0 spiro atoms. The second-order valence-corrected chi connectivity index (χ2v) is 4.76. The summed E-state index contributed by atoms with van der Waals surface area (Å²) < 4.78 is 4.97. The lowest BCUT2D eigenvalue weighted by Crippen LogP contribution is -2.48. The van der Waals surface area contributed by atoms with E-state index >= 15 is 0 Å². The van der Waals surface area contributed by atoms with E-state index in [-0.39, 0.29) is 12.1 Å². The minimum absolute atomic E-state index is 0.232. The Bertz CT molecular complexity index is 347. The van der Waals surface area contributed by atoms with E-state index in [1.165, 1.54) is 0 Å². The van der Waals surface area contributed by atoms with Gasteiger partial charge in [0.05, 0.1) is 13.2 Å². The smallest absolute Gasteiger partial charge is 0.409 e. The minimum atomic E-state index is -0.232. The monoisotopic (exact) mass is 268 g/mol. The molecule has 1 aliphatic heterocycles. The molecule has 1 heterocycles. The van der Waals surface area contributed by atoms with Gasteiger partial charge in [-0.15, -0.1) is 0 Å². The van der Waals surface area contributed by atoms with Crippen LogP contribution in [0.3, 0.4) is 0 Å². The third-order valence-corrected chi connectivity index (χ3v) is 2.89. The third kappa shape index (κ3) is 5.63. The maximum Gasteiger partial charge on any atom is 0.409 e. The van der Waals surface area contributed by atoms with Gasteiger partial charge in [-0.05, 0) is 26.7 Å². The summed E-state index contributed by atoms with van der Waals surface area (Å²) in [5.74, 6) is 0.442. The van der Waals surface area contributed by atoms with Crippen molar-refractivity contribution < 1.29 is 9.53 Å². The number of aliphatic imine (C=N–C) groups is 1. The Balaban J connectivity index is 2.32. The topological polar surface area (TPSA) is 80.0 Å². The van der Waals surface area contributed by atoms with E-state index in [1.54, 1.807) is 4.90 Å². The summed E-state index contributed by atoms with van der Waals surface area (Å²) in [5.41, 5.74) is 6.76. The van der Waals surface area contributed by atoms with E-state index in [9.17, 15) is 4.79 Å². The van der Waals surface area contributed by atoms with Crippen molar-refractivity contribution in [3.63, 3.8) is 0 Å². The zero-order valence-corrected chi connectivity index (χ0v) is 11.8. The van der Waals surface area contributed by atoms with E-state index in [2.05, 4.69) is 16.9 Å². The number of carbonyl (C=O) groups excluding carboxylic acids is 1. The molecule has 6 nitrogen and oxygen atoms in total. The Hall–Kier alpha value is -1.72. The number of likely N-dealkylation sites (tertiary alicyclic amines) is 1. The van der Waals surface area contributed by atoms with Crippen LogP contribution >= 0.6 is 0 Å². The van der Waals surface area contributed by atoms with Crippen LogP contribution in [0.2, 0.25) is 0 Å². The van der Waals surface area contributed by atoms with E-state index in [4.69, 9.17) is 10.5 Å². The van der Waals surface area contributed by atoms with Crippen molar-refractivity contribution in [3.8, 4) is 0 Å². The van der Waals surface area contributed by atoms with Gasteiger partial charge in [-0.3, -0.25) is 0 Å². The number of hydrogen-bond donors (Lipinski definition) is 2. The highest BCUT2D eigenvalue weighted by atomic mass is 16.6. The average Bonchev–Trinajstić information content (AvgIpc) is 2.37. The Morgan fingerprint density at radius 2 is 2.16 bits per heavy atom. The van der Waals surface area contributed by atoms with Crippen molar-refractivity contribution >= 4 is 12.1 Å². The zero-order chi connectivity index (χ0) is 14.3. The van der Waals surface area contributed by atoms with E-state index in [0.717, 1.165) is 18.4 Å². The summed E-state index contributed by atoms with van der Waals surface area (Å²) in [6.45, 7) is 9.82. The molecule has 1 saturated heterocycles. The summed E-state index contributed by atoms with van der Waals surface area (Å²) in [6.07, 6.45) is 1.47. The van der Waals surface area contributed by atoms with Crippen LogP contribution in [-0.4, -0.2) is 49.2 Å². The molecule has 0 aromatic rings. The Morgan fingerprint density at radius 1 is 1.53 bits per heavy atom. The van der Waals surface area contributed by atoms with Gasteiger partial charge >= 0.3 is 6.09 Å².